The predicted molar refractivity (Wildman–Crippen MR) is 126 cm³/mol. The van der Waals surface area contributed by atoms with Gasteiger partial charge in [0.25, 0.3) is 0 Å². The molecular formula is C26H42O9. The van der Waals surface area contributed by atoms with E-state index in [4.69, 9.17) is 9.47 Å². The molecule has 7 N–H and O–H groups in total. The van der Waals surface area contributed by atoms with E-state index in [1.54, 1.807) is 6.92 Å². The van der Waals surface area contributed by atoms with Crippen LogP contribution in [0.4, 0.5) is 0 Å². The number of hydrogen-bond acceptors (Lipinski definition) is 9. The number of ether oxygens (including phenoxy) is 2. The highest BCUT2D eigenvalue weighted by Gasteiger charge is 2.64. The number of aliphatic hydroxyl groups is 7. The summed E-state index contributed by atoms with van der Waals surface area (Å²) in [4.78, 5) is 0. The Bertz CT molecular complexity index is 832. The van der Waals surface area contributed by atoms with Crippen molar-refractivity contribution in [2.75, 3.05) is 13.2 Å². The Hall–Kier alpha value is -0.880. The van der Waals surface area contributed by atoms with Gasteiger partial charge in [0.2, 0.25) is 0 Å². The Morgan fingerprint density at radius 3 is 2.40 bits per heavy atom. The molecule has 0 amide bonds. The summed E-state index contributed by atoms with van der Waals surface area (Å²) in [7, 11) is 0. The number of aliphatic hydroxyl groups excluding tert-OH is 7. The van der Waals surface area contributed by atoms with Crippen molar-refractivity contribution in [1.29, 1.82) is 0 Å². The highest BCUT2D eigenvalue weighted by Crippen LogP contribution is 2.63. The Balaban J connectivity index is 1.63. The van der Waals surface area contributed by atoms with Gasteiger partial charge in [0.15, 0.2) is 6.29 Å². The summed E-state index contributed by atoms with van der Waals surface area (Å²) in [5.74, 6) is -0.335. The fourth-order valence-electron chi connectivity index (χ4n) is 7.60. The second-order valence-electron chi connectivity index (χ2n) is 12.1. The van der Waals surface area contributed by atoms with Crippen LogP contribution in [0.1, 0.15) is 46.5 Å². The monoisotopic (exact) mass is 498 g/mol. The zero-order chi connectivity index (χ0) is 25.9. The first kappa shape index (κ1) is 27.2. The summed E-state index contributed by atoms with van der Waals surface area (Å²) in [5.41, 5.74) is -0.525. The molecule has 4 aliphatic rings. The summed E-state index contributed by atoms with van der Waals surface area (Å²) >= 11 is 0. The van der Waals surface area contributed by atoms with Crippen LogP contribution in [0.5, 0.6) is 0 Å². The molecule has 1 heterocycles. The lowest BCUT2D eigenvalue weighted by Gasteiger charge is -2.63. The van der Waals surface area contributed by atoms with Crippen molar-refractivity contribution >= 4 is 0 Å². The highest BCUT2D eigenvalue weighted by atomic mass is 16.7. The van der Waals surface area contributed by atoms with Gasteiger partial charge in [-0.05, 0) is 42.4 Å². The van der Waals surface area contributed by atoms with Gasteiger partial charge >= 0.3 is 0 Å². The van der Waals surface area contributed by atoms with Gasteiger partial charge in [0.05, 0.1) is 31.5 Å². The molecule has 2 saturated carbocycles. The van der Waals surface area contributed by atoms with Crippen LogP contribution in [0.15, 0.2) is 24.3 Å². The Kier molecular flexibility index (Phi) is 7.34. The number of rotatable bonds is 5. The Morgan fingerprint density at radius 2 is 1.77 bits per heavy atom. The second kappa shape index (κ2) is 9.45. The lowest BCUT2D eigenvalue weighted by atomic mass is 9.44. The zero-order valence-corrected chi connectivity index (χ0v) is 20.8. The second-order valence-corrected chi connectivity index (χ2v) is 12.1. The molecule has 200 valence electrons. The standard InChI is InChI=1S/C26H42O9/c1-5-24(2)7-6-14-13(9-24)8-15(28)21-25(14,3)10-16(29)22(33)26(21,4)12-34-23-20(32)19(31)18(30)17(11-27)35-23/h5,8,14-23,27-33H,1,6-7,9-12H2,2-4H3/t14?,15-,16-,17?,18-,19?,20?,21?,22+,23-,24+,25-,26-/m1/s1. The predicted octanol–water partition coefficient (Wildman–Crippen LogP) is -0.149. The van der Waals surface area contributed by atoms with E-state index in [1.807, 2.05) is 12.2 Å². The molecule has 0 spiro atoms. The molecule has 0 bridgehead atoms. The van der Waals surface area contributed by atoms with Crippen LogP contribution in [-0.2, 0) is 9.47 Å². The molecule has 0 aromatic rings. The molecule has 3 fully saturated rings. The minimum Gasteiger partial charge on any atom is -0.394 e. The van der Waals surface area contributed by atoms with Crippen LogP contribution in [0.25, 0.3) is 0 Å². The lowest BCUT2D eigenvalue weighted by Crippen LogP contribution is -2.66. The van der Waals surface area contributed by atoms with Gasteiger partial charge < -0.3 is 45.2 Å². The Labute approximate surface area is 206 Å². The van der Waals surface area contributed by atoms with Crippen LogP contribution in [0, 0.1) is 28.1 Å². The molecule has 4 rings (SSSR count). The van der Waals surface area contributed by atoms with E-state index in [2.05, 4.69) is 20.4 Å². The molecular weight excluding hydrogens is 456 g/mol. The van der Waals surface area contributed by atoms with E-state index < -0.39 is 72.4 Å². The molecule has 9 nitrogen and oxygen atoms in total. The SMILES string of the molecule is C=C[C@@]1(C)CCC2C(=C[C@@H](O)C3[C@]2(C)C[C@@H](O)[C@H](O)[C@]3(C)CO[C@@H]2OC(CO)[C@@H](O)C(O)C2O)C1. The van der Waals surface area contributed by atoms with Gasteiger partial charge in [-0.1, -0.05) is 38.5 Å². The third-order valence-electron chi connectivity index (χ3n) is 9.59. The van der Waals surface area contributed by atoms with Crippen LogP contribution < -0.4 is 0 Å². The van der Waals surface area contributed by atoms with Gasteiger partial charge in [0, 0.05) is 11.3 Å². The summed E-state index contributed by atoms with van der Waals surface area (Å²) in [6, 6.07) is 0. The molecule has 5 unspecified atom stereocenters. The first-order chi connectivity index (χ1) is 16.3. The van der Waals surface area contributed by atoms with Gasteiger partial charge in [0.1, 0.15) is 24.4 Å². The van der Waals surface area contributed by atoms with E-state index in [-0.39, 0.29) is 17.9 Å². The van der Waals surface area contributed by atoms with E-state index in [9.17, 15) is 35.7 Å². The summed E-state index contributed by atoms with van der Waals surface area (Å²) in [6.07, 6.45) is -3.49. The van der Waals surface area contributed by atoms with Crippen molar-refractivity contribution in [3.05, 3.63) is 24.3 Å². The van der Waals surface area contributed by atoms with E-state index in [0.717, 1.165) is 24.8 Å². The molecule has 0 aromatic carbocycles. The van der Waals surface area contributed by atoms with Crippen molar-refractivity contribution in [2.24, 2.45) is 28.1 Å². The normalized spacial score (nSPS) is 54.4. The van der Waals surface area contributed by atoms with Crippen LogP contribution in [0.3, 0.4) is 0 Å². The van der Waals surface area contributed by atoms with Crippen molar-refractivity contribution in [2.45, 2.75) is 95.5 Å². The van der Waals surface area contributed by atoms with Crippen molar-refractivity contribution in [3.8, 4) is 0 Å². The number of allylic oxidation sites excluding steroid dienone is 2. The molecule has 1 aliphatic heterocycles. The maximum absolute atomic E-state index is 11.4. The fourth-order valence-corrected chi connectivity index (χ4v) is 7.60. The molecule has 0 aromatic heterocycles. The first-order valence-electron chi connectivity index (χ1n) is 12.6. The maximum atomic E-state index is 11.4. The minimum absolute atomic E-state index is 0.0480. The van der Waals surface area contributed by atoms with Gasteiger partial charge in [-0.15, -0.1) is 6.58 Å². The molecule has 13 atom stereocenters. The van der Waals surface area contributed by atoms with Crippen LogP contribution in [-0.4, -0.2) is 98.0 Å². The maximum Gasteiger partial charge on any atom is 0.186 e. The van der Waals surface area contributed by atoms with Gasteiger partial charge in [-0.2, -0.15) is 0 Å². The topological polar surface area (TPSA) is 160 Å². The minimum atomic E-state index is -1.59. The van der Waals surface area contributed by atoms with Gasteiger partial charge in [-0.3, -0.25) is 0 Å². The fraction of sp³-hybridized carbons (Fsp3) is 0.846. The van der Waals surface area contributed by atoms with Crippen molar-refractivity contribution in [1.82, 2.24) is 0 Å². The number of hydrogen-bond donors (Lipinski definition) is 7. The van der Waals surface area contributed by atoms with Crippen molar-refractivity contribution < 1.29 is 45.2 Å². The number of fused-ring (bicyclic) bond motifs is 3. The van der Waals surface area contributed by atoms with E-state index in [1.165, 1.54) is 0 Å². The molecule has 1 saturated heterocycles. The van der Waals surface area contributed by atoms with E-state index in [0.29, 0.717) is 6.42 Å². The Morgan fingerprint density at radius 1 is 1.09 bits per heavy atom. The summed E-state index contributed by atoms with van der Waals surface area (Å²) < 4.78 is 11.3. The highest BCUT2D eigenvalue weighted by molar-refractivity contribution is 5.29. The smallest absolute Gasteiger partial charge is 0.186 e. The van der Waals surface area contributed by atoms with Crippen LogP contribution >= 0.6 is 0 Å². The average Bonchev–Trinajstić information content (AvgIpc) is 2.80. The molecule has 9 heteroatoms. The van der Waals surface area contributed by atoms with Crippen molar-refractivity contribution in [3.63, 3.8) is 0 Å². The van der Waals surface area contributed by atoms with Crippen LogP contribution in [0.2, 0.25) is 0 Å². The summed E-state index contributed by atoms with van der Waals surface area (Å²) in [6.45, 7) is 9.21. The first-order valence-corrected chi connectivity index (χ1v) is 12.6. The lowest BCUT2D eigenvalue weighted by molar-refractivity contribution is -0.317. The zero-order valence-electron chi connectivity index (χ0n) is 20.8. The molecule has 3 aliphatic carbocycles. The third-order valence-corrected chi connectivity index (χ3v) is 9.59. The summed E-state index contributed by atoms with van der Waals surface area (Å²) in [5, 5.41) is 73.5. The van der Waals surface area contributed by atoms with Gasteiger partial charge in [-0.25, -0.2) is 0 Å². The third kappa shape index (κ3) is 4.32. The molecule has 35 heavy (non-hydrogen) atoms. The quantitative estimate of drug-likeness (QED) is 0.256. The van der Waals surface area contributed by atoms with E-state index >= 15 is 0 Å². The average molecular weight is 499 g/mol. The largest absolute Gasteiger partial charge is 0.394 e. The molecule has 0 radical (unpaired) electrons.